The monoisotopic (exact) mass is 646 g/mol. The van der Waals surface area contributed by atoms with E-state index in [4.69, 9.17) is 9.47 Å². The van der Waals surface area contributed by atoms with Crippen LogP contribution in [0.2, 0.25) is 0 Å². The molecule has 3 aromatic rings. The number of anilines is 1. The molecule has 1 N–H and O–H groups in total. The van der Waals surface area contributed by atoms with Crippen molar-refractivity contribution in [1.29, 1.82) is 0 Å². The molecule has 4 amide bonds. The van der Waals surface area contributed by atoms with Crippen LogP contribution in [0.1, 0.15) is 18.1 Å². The number of benzene rings is 3. The molecule has 0 radical (unpaired) electrons. The fraction of sp³-hybridized carbons (Fsp3) is 0.115. The zero-order valence-electron chi connectivity index (χ0n) is 18.6. The van der Waals surface area contributed by atoms with Gasteiger partial charge in [0.25, 0.3) is 11.8 Å². The van der Waals surface area contributed by atoms with Crippen molar-refractivity contribution in [2.24, 2.45) is 0 Å². The van der Waals surface area contributed by atoms with E-state index in [-0.39, 0.29) is 5.57 Å². The van der Waals surface area contributed by atoms with E-state index in [1.54, 1.807) is 42.5 Å². The molecule has 9 heteroatoms. The lowest BCUT2D eigenvalue weighted by Gasteiger charge is -2.26. The van der Waals surface area contributed by atoms with Crippen LogP contribution in [0.3, 0.4) is 0 Å². The molecule has 3 aromatic carbocycles. The Morgan fingerprint density at radius 2 is 1.66 bits per heavy atom. The summed E-state index contributed by atoms with van der Waals surface area (Å²) in [6.07, 6.45) is 1.43. The largest absolute Gasteiger partial charge is 0.490 e. The van der Waals surface area contributed by atoms with Crippen LogP contribution in [-0.4, -0.2) is 24.5 Å². The van der Waals surface area contributed by atoms with Gasteiger partial charge in [0.2, 0.25) is 0 Å². The van der Waals surface area contributed by atoms with Crippen LogP contribution in [0.25, 0.3) is 6.08 Å². The summed E-state index contributed by atoms with van der Waals surface area (Å²) in [4.78, 5) is 38.9. The molecular weight excluding hydrogens is 627 g/mol. The van der Waals surface area contributed by atoms with Crippen LogP contribution in [-0.2, 0) is 16.2 Å². The van der Waals surface area contributed by atoms with Crippen molar-refractivity contribution in [3.8, 4) is 11.5 Å². The minimum absolute atomic E-state index is 0.164. The van der Waals surface area contributed by atoms with Gasteiger partial charge in [0.1, 0.15) is 12.2 Å². The van der Waals surface area contributed by atoms with Crippen molar-refractivity contribution in [3.63, 3.8) is 0 Å². The third-order valence-corrected chi connectivity index (χ3v) is 6.32. The van der Waals surface area contributed by atoms with Gasteiger partial charge in [-0.25, -0.2) is 9.69 Å². The van der Waals surface area contributed by atoms with E-state index in [9.17, 15) is 14.4 Å². The molecular formula is C26H20BrIN2O5. The van der Waals surface area contributed by atoms with Gasteiger partial charge in [0.15, 0.2) is 11.5 Å². The smallest absolute Gasteiger partial charge is 0.335 e. The second kappa shape index (κ2) is 11.0. The first kappa shape index (κ1) is 24.9. The van der Waals surface area contributed by atoms with Crippen LogP contribution >= 0.6 is 38.5 Å². The second-order valence-corrected chi connectivity index (χ2v) is 9.65. The molecule has 0 bridgehead atoms. The molecule has 1 aliphatic heterocycles. The summed E-state index contributed by atoms with van der Waals surface area (Å²) < 4.78 is 13.6. The van der Waals surface area contributed by atoms with Gasteiger partial charge in [0.05, 0.1) is 12.3 Å². The number of rotatable bonds is 7. The number of halogens is 2. The number of amides is 4. The quantitative estimate of drug-likeness (QED) is 0.202. The predicted octanol–water partition coefficient (Wildman–Crippen LogP) is 5.70. The summed E-state index contributed by atoms with van der Waals surface area (Å²) in [6, 6.07) is 19.0. The van der Waals surface area contributed by atoms with Gasteiger partial charge in [-0.1, -0.05) is 34.1 Å². The molecule has 0 aliphatic carbocycles. The fourth-order valence-electron chi connectivity index (χ4n) is 3.39. The zero-order chi connectivity index (χ0) is 24.9. The van der Waals surface area contributed by atoms with Gasteiger partial charge >= 0.3 is 6.03 Å². The molecule has 1 heterocycles. The third kappa shape index (κ3) is 5.91. The number of hydrogen-bond acceptors (Lipinski definition) is 5. The van der Waals surface area contributed by atoms with E-state index >= 15 is 0 Å². The van der Waals surface area contributed by atoms with Crippen molar-refractivity contribution in [1.82, 2.24) is 5.32 Å². The SMILES string of the molecule is CCOc1cc(/C=C2\C(=O)NC(=O)N(c3ccc(Br)cc3)C2=O)ccc1OCc1ccc(I)cc1. The third-order valence-electron chi connectivity index (χ3n) is 5.07. The molecule has 0 saturated carbocycles. The van der Waals surface area contributed by atoms with Gasteiger partial charge in [-0.05, 0) is 95.2 Å². The maximum absolute atomic E-state index is 13.1. The highest BCUT2D eigenvalue weighted by molar-refractivity contribution is 14.1. The molecule has 1 saturated heterocycles. The fourth-order valence-corrected chi connectivity index (χ4v) is 4.02. The number of carbonyl (C=O) groups is 3. The van der Waals surface area contributed by atoms with E-state index in [0.717, 1.165) is 18.5 Å². The molecule has 0 atom stereocenters. The minimum Gasteiger partial charge on any atom is -0.490 e. The summed E-state index contributed by atoms with van der Waals surface area (Å²) in [6.45, 7) is 2.63. The first-order chi connectivity index (χ1) is 16.9. The first-order valence-corrected chi connectivity index (χ1v) is 12.5. The Kier molecular flexibility index (Phi) is 7.86. The van der Waals surface area contributed by atoms with Crippen molar-refractivity contribution in [3.05, 3.63) is 91.5 Å². The van der Waals surface area contributed by atoms with E-state index in [2.05, 4.69) is 43.8 Å². The van der Waals surface area contributed by atoms with Crippen LogP contribution in [0.15, 0.2) is 76.8 Å². The van der Waals surface area contributed by atoms with Crippen molar-refractivity contribution >= 4 is 68.1 Å². The number of barbiturate groups is 1. The summed E-state index contributed by atoms with van der Waals surface area (Å²) in [5.41, 5.74) is 1.76. The Bertz CT molecular complexity index is 1310. The standard InChI is InChI=1S/C26H20BrIN2O5/c1-2-34-23-14-17(5-12-22(23)35-15-16-3-8-19(28)9-4-16)13-21-24(31)29-26(33)30(25(21)32)20-10-6-18(27)7-11-20/h3-14H,2,15H2,1H3,(H,29,31,33)/b21-13+. The van der Waals surface area contributed by atoms with Crippen LogP contribution < -0.4 is 19.7 Å². The number of carbonyl (C=O) groups excluding carboxylic acids is 3. The predicted molar refractivity (Wildman–Crippen MR) is 144 cm³/mol. The van der Waals surface area contributed by atoms with Crippen LogP contribution in [0, 0.1) is 3.57 Å². The van der Waals surface area contributed by atoms with E-state index < -0.39 is 17.8 Å². The van der Waals surface area contributed by atoms with Crippen molar-refractivity contribution in [2.75, 3.05) is 11.5 Å². The van der Waals surface area contributed by atoms with Crippen molar-refractivity contribution in [2.45, 2.75) is 13.5 Å². The maximum atomic E-state index is 13.1. The van der Waals surface area contributed by atoms with Gasteiger partial charge in [-0.3, -0.25) is 14.9 Å². The second-order valence-electron chi connectivity index (χ2n) is 7.49. The summed E-state index contributed by atoms with van der Waals surface area (Å²) in [5.74, 6) is -0.445. The Morgan fingerprint density at radius 3 is 2.34 bits per heavy atom. The number of nitrogens with zero attached hydrogens (tertiary/aromatic N) is 1. The first-order valence-electron chi connectivity index (χ1n) is 10.7. The molecule has 0 spiro atoms. The normalized spacial score (nSPS) is 14.8. The molecule has 4 rings (SSSR count). The topological polar surface area (TPSA) is 84.9 Å². The molecule has 0 aromatic heterocycles. The average molecular weight is 647 g/mol. The number of ether oxygens (including phenoxy) is 2. The molecule has 1 aliphatic rings. The number of imide groups is 2. The highest BCUT2D eigenvalue weighted by Gasteiger charge is 2.36. The van der Waals surface area contributed by atoms with Gasteiger partial charge < -0.3 is 9.47 Å². The summed E-state index contributed by atoms with van der Waals surface area (Å²) >= 11 is 5.57. The molecule has 7 nitrogen and oxygen atoms in total. The molecule has 0 unspecified atom stereocenters. The number of nitrogens with one attached hydrogen (secondary N) is 1. The summed E-state index contributed by atoms with van der Waals surface area (Å²) in [7, 11) is 0. The Balaban J connectivity index is 1.60. The van der Waals surface area contributed by atoms with E-state index in [1.807, 2.05) is 31.2 Å². The van der Waals surface area contributed by atoms with Gasteiger partial charge in [-0.15, -0.1) is 0 Å². The number of hydrogen-bond donors (Lipinski definition) is 1. The van der Waals surface area contributed by atoms with E-state index in [0.29, 0.717) is 36.0 Å². The molecule has 1 fully saturated rings. The lowest BCUT2D eigenvalue weighted by molar-refractivity contribution is -0.122. The van der Waals surface area contributed by atoms with Gasteiger partial charge in [-0.2, -0.15) is 0 Å². The molecule has 35 heavy (non-hydrogen) atoms. The van der Waals surface area contributed by atoms with Gasteiger partial charge in [0, 0.05) is 8.04 Å². The minimum atomic E-state index is -0.797. The Hall–Kier alpha value is -3.18. The maximum Gasteiger partial charge on any atom is 0.335 e. The van der Waals surface area contributed by atoms with E-state index in [1.165, 1.54) is 6.08 Å². The Labute approximate surface area is 224 Å². The molecule has 178 valence electrons. The summed E-state index contributed by atoms with van der Waals surface area (Å²) in [5, 5.41) is 2.23. The van der Waals surface area contributed by atoms with Crippen molar-refractivity contribution < 1.29 is 23.9 Å². The lowest BCUT2D eigenvalue weighted by atomic mass is 10.1. The van der Waals surface area contributed by atoms with Crippen LogP contribution in [0.5, 0.6) is 11.5 Å². The highest BCUT2D eigenvalue weighted by Crippen LogP contribution is 2.31. The number of urea groups is 1. The lowest BCUT2D eigenvalue weighted by Crippen LogP contribution is -2.54. The average Bonchev–Trinajstić information content (AvgIpc) is 2.83. The highest BCUT2D eigenvalue weighted by atomic mass is 127. The van der Waals surface area contributed by atoms with Crippen LogP contribution in [0.4, 0.5) is 10.5 Å². The Morgan fingerprint density at radius 1 is 0.943 bits per heavy atom. The zero-order valence-corrected chi connectivity index (χ0v) is 22.3.